The molecule has 0 N–H and O–H groups in total. The Morgan fingerprint density at radius 2 is 1.48 bits per heavy atom. The van der Waals surface area contributed by atoms with Gasteiger partial charge in [0.15, 0.2) is 0 Å². The molecule has 1 unspecified atom stereocenters. The maximum absolute atomic E-state index is 15.0. The highest BCUT2D eigenvalue weighted by Gasteiger charge is 2.52. The number of ketones is 1. The molecular weight excluding hydrogens is 394 g/mol. The summed E-state index contributed by atoms with van der Waals surface area (Å²) < 4.78 is 42.4. The molecule has 0 amide bonds. The van der Waals surface area contributed by atoms with Crippen molar-refractivity contribution in [2.45, 2.75) is 64.7 Å². The Morgan fingerprint density at radius 1 is 0.966 bits per heavy atom. The van der Waals surface area contributed by atoms with Crippen molar-refractivity contribution in [1.29, 1.82) is 0 Å². The molecule has 1 atom stereocenters. The van der Waals surface area contributed by atoms with Gasteiger partial charge in [-0.1, -0.05) is 47.6 Å². The third-order valence-electron chi connectivity index (χ3n) is 4.85. The number of halogens is 1. The number of ether oxygens (including phenoxy) is 1. The minimum Gasteiger partial charge on any atom is -0.496 e. The first-order chi connectivity index (χ1) is 13.0. The van der Waals surface area contributed by atoms with E-state index in [2.05, 4.69) is 56.7 Å². The van der Waals surface area contributed by atoms with E-state index in [0.29, 0.717) is 11.3 Å². The smallest absolute Gasteiger partial charge is 0.374 e. The predicted octanol–water partition coefficient (Wildman–Crippen LogP) is 6.04. The summed E-state index contributed by atoms with van der Waals surface area (Å²) in [6, 6.07) is 4.01. The first-order valence-electron chi connectivity index (χ1n) is 9.41. The highest BCUT2D eigenvalue weighted by Crippen LogP contribution is 2.60. The number of rotatable bonds is 7. The lowest BCUT2D eigenvalue weighted by Gasteiger charge is -2.28. The second-order valence-electron chi connectivity index (χ2n) is 9.16. The first kappa shape index (κ1) is 25.5. The van der Waals surface area contributed by atoms with Gasteiger partial charge >= 0.3 is 7.60 Å². The fraction of sp³-hybridized carbons (Fsp3) is 0.591. The molecule has 1 aromatic carbocycles. The maximum Gasteiger partial charge on any atom is 0.374 e. The van der Waals surface area contributed by atoms with Gasteiger partial charge in [0.05, 0.1) is 7.11 Å². The third kappa shape index (κ3) is 5.36. The average molecular weight is 428 g/mol. The van der Waals surface area contributed by atoms with Crippen LogP contribution in [0.3, 0.4) is 0 Å². The number of hydrogen-bond acceptors (Lipinski definition) is 5. The van der Waals surface area contributed by atoms with Gasteiger partial charge in [-0.05, 0) is 41.5 Å². The quantitative estimate of drug-likeness (QED) is 0.391. The highest BCUT2D eigenvalue weighted by atomic mass is 31.2. The molecule has 164 valence electrons. The number of carbonyl (C=O) groups excluding carboxylic acids is 1. The van der Waals surface area contributed by atoms with E-state index in [0.717, 1.165) is 38.3 Å². The average Bonchev–Trinajstić information content (AvgIpc) is 2.62. The van der Waals surface area contributed by atoms with E-state index in [1.165, 1.54) is 6.08 Å². The zero-order valence-corrected chi connectivity index (χ0v) is 20.1. The Balaban J connectivity index is 3.58. The van der Waals surface area contributed by atoms with Crippen molar-refractivity contribution in [3.63, 3.8) is 0 Å². The second-order valence-corrected chi connectivity index (χ2v) is 11.7. The maximum atomic E-state index is 15.0. The Labute approximate surface area is 174 Å². The molecule has 0 aromatic heterocycles. The lowest BCUT2D eigenvalue weighted by molar-refractivity contribution is -0.121. The van der Waals surface area contributed by atoms with Gasteiger partial charge in [-0.3, -0.25) is 9.36 Å². The molecular formula is C22H34FO5P. The molecule has 0 saturated heterocycles. The van der Waals surface area contributed by atoms with E-state index in [1.807, 2.05) is 6.07 Å². The topological polar surface area (TPSA) is 61.8 Å². The van der Waals surface area contributed by atoms with Crippen molar-refractivity contribution in [3.05, 3.63) is 34.9 Å². The standard InChI is InChI=1S/C22H34FO5P/c1-20(2,3)16-13-15(19(26-8)17(14-16)21(4,5)6)11-12-18(24)22(7,23)29(25,27-9)28-10/h11-14H,1-10H3/b12-11+. The lowest BCUT2D eigenvalue weighted by Crippen LogP contribution is -2.29. The fourth-order valence-corrected chi connectivity index (χ4v) is 4.04. The molecule has 0 radical (unpaired) electrons. The van der Waals surface area contributed by atoms with Crippen molar-refractivity contribution in [3.8, 4) is 5.75 Å². The summed E-state index contributed by atoms with van der Waals surface area (Å²) in [4.78, 5) is 12.5. The van der Waals surface area contributed by atoms with Crippen molar-refractivity contribution in [2.24, 2.45) is 0 Å². The summed E-state index contributed by atoms with van der Waals surface area (Å²) in [7, 11) is -0.600. The van der Waals surface area contributed by atoms with Gasteiger partial charge in [-0.25, -0.2) is 4.39 Å². The molecule has 0 aliphatic heterocycles. The van der Waals surface area contributed by atoms with Crippen LogP contribution in [0.1, 0.15) is 65.2 Å². The summed E-state index contributed by atoms with van der Waals surface area (Å²) in [6.45, 7) is 13.4. The number of benzene rings is 1. The van der Waals surface area contributed by atoms with Crippen LogP contribution >= 0.6 is 7.60 Å². The molecule has 1 rings (SSSR count). The van der Waals surface area contributed by atoms with Crippen LogP contribution < -0.4 is 4.74 Å². The van der Waals surface area contributed by atoms with Crippen molar-refractivity contribution in [1.82, 2.24) is 0 Å². The van der Waals surface area contributed by atoms with Crippen LogP contribution in [0.5, 0.6) is 5.75 Å². The van der Waals surface area contributed by atoms with E-state index in [-0.39, 0.29) is 10.8 Å². The summed E-state index contributed by atoms with van der Waals surface area (Å²) in [5, 5.41) is -2.81. The van der Waals surface area contributed by atoms with Gasteiger partial charge in [0.25, 0.3) is 5.41 Å². The number of hydrogen-bond donors (Lipinski definition) is 0. The minimum atomic E-state index is -4.25. The van der Waals surface area contributed by atoms with Gasteiger partial charge in [0.2, 0.25) is 5.78 Å². The van der Waals surface area contributed by atoms with Gasteiger partial charge in [0.1, 0.15) is 5.75 Å². The minimum absolute atomic E-state index is 0.144. The number of carbonyl (C=O) groups is 1. The van der Waals surface area contributed by atoms with Gasteiger partial charge in [-0.15, -0.1) is 0 Å². The van der Waals surface area contributed by atoms with Crippen molar-refractivity contribution < 1.29 is 27.5 Å². The molecule has 7 heteroatoms. The molecule has 0 saturated carbocycles. The van der Waals surface area contributed by atoms with E-state index in [4.69, 9.17) is 4.74 Å². The largest absolute Gasteiger partial charge is 0.496 e. The van der Waals surface area contributed by atoms with E-state index in [1.54, 1.807) is 7.11 Å². The molecule has 0 bridgehead atoms. The van der Waals surface area contributed by atoms with Gasteiger partial charge in [-0.2, -0.15) is 0 Å². The lowest BCUT2D eigenvalue weighted by atomic mass is 9.79. The van der Waals surface area contributed by atoms with Crippen LogP contribution in [0, 0.1) is 0 Å². The fourth-order valence-electron chi connectivity index (χ4n) is 2.86. The Kier molecular flexibility index (Phi) is 7.67. The predicted molar refractivity (Wildman–Crippen MR) is 116 cm³/mol. The van der Waals surface area contributed by atoms with Crippen LogP contribution in [0.2, 0.25) is 0 Å². The summed E-state index contributed by atoms with van der Waals surface area (Å²) in [6.07, 6.45) is 2.54. The normalized spacial score (nSPS) is 15.4. The van der Waals surface area contributed by atoms with Gasteiger partial charge < -0.3 is 13.8 Å². The molecule has 0 aliphatic rings. The molecule has 0 fully saturated rings. The molecule has 0 heterocycles. The first-order valence-corrected chi connectivity index (χ1v) is 11.0. The summed E-state index contributed by atoms with van der Waals surface area (Å²) in [5.74, 6) is -0.401. The third-order valence-corrected chi connectivity index (χ3v) is 7.07. The zero-order valence-electron chi connectivity index (χ0n) is 19.2. The number of methoxy groups -OCH3 is 1. The van der Waals surface area contributed by atoms with Gasteiger partial charge in [0, 0.05) is 25.3 Å². The Hall–Kier alpha value is -1.49. The number of allylic oxidation sites excluding steroid dienone is 1. The molecule has 0 aliphatic carbocycles. The molecule has 1 aromatic rings. The summed E-state index contributed by atoms with van der Waals surface area (Å²) in [5.41, 5.74) is 2.31. The molecule has 29 heavy (non-hydrogen) atoms. The van der Waals surface area contributed by atoms with Crippen LogP contribution in [-0.2, 0) is 29.2 Å². The van der Waals surface area contributed by atoms with Crippen LogP contribution in [-0.4, -0.2) is 32.5 Å². The Bertz CT molecular complexity index is 821. The van der Waals surface area contributed by atoms with Crippen molar-refractivity contribution >= 4 is 19.5 Å². The van der Waals surface area contributed by atoms with E-state index < -0.39 is 18.8 Å². The Morgan fingerprint density at radius 3 is 1.86 bits per heavy atom. The van der Waals surface area contributed by atoms with Crippen LogP contribution in [0.4, 0.5) is 4.39 Å². The van der Waals surface area contributed by atoms with E-state index in [9.17, 15) is 9.36 Å². The monoisotopic (exact) mass is 428 g/mol. The van der Waals surface area contributed by atoms with Crippen molar-refractivity contribution in [2.75, 3.05) is 21.3 Å². The molecule has 0 spiro atoms. The second kappa shape index (κ2) is 8.71. The number of alkyl halides is 1. The zero-order chi connectivity index (χ0) is 22.8. The van der Waals surface area contributed by atoms with E-state index >= 15 is 4.39 Å². The SMILES string of the molecule is COc1c(/C=C/C(=O)C(C)(F)P(=O)(OC)OC)cc(C(C)(C)C)cc1C(C)(C)C. The highest BCUT2D eigenvalue weighted by molar-refractivity contribution is 7.56. The van der Waals surface area contributed by atoms with Crippen LogP contribution in [0.25, 0.3) is 6.08 Å². The molecule has 5 nitrogen and oxygen atoms in total. The van der Waals surface area contributed by atoms with Crippen LogP contribution in [0.15, 0.2) is 18.2 Å². The summed E-state index contributed by atoms with van der Waals surface area (Å²) >= 11 is 0.